The van der Waals surface area contributed by atoms with Crippen LogP contribution in [0.1, 0.15) is 21.9 Å². The summed E-state index contributed by atoms with van der Waals surface area (Å²) in [6.07, 6.45) is -4.63. The molecule has 11 nitrogen and oxygen atoms in total. The molecular formula is C25H19F3N4O7S2. The number of ether oxygens (including phenoxy) is 1. The highest BCUT2D eigenvalue weighted by atomic mass is 32.2. The molecular weight excluding hydrogens is 589 g/mol. The number of methoxy groups -OCH3 is 1. The van der Waals surface area contributed by atoms with Crippen molar-refractivity contribution in [2.45, 2.75) is 28.9 Å². The number of likely N-dealkylation sites (tertiary alicyclic amines) is 1. The Hall–Kier alpha value is -4.31. The van der Waals surface area contributed by atoms with Crippen molar-refractivity contribution >= 4 is 52.5 Å². The summed E-state index contributed by atoms with van der Waals surface area (Å²) in [4.78, 5) is 64.3. The summed E-state index contributed by atoms with van der Waals surface area (Å²) >= 11 is 1.53. The van der Waals surface area contributed by atoms with Gasteiger partial charge in [0.25, 0.3) is 5.91 Å². The number of benzene rings is 2. The normalized spacial score (nSPS) is 20.0. The summed E-state index contributed by atoms with van der Waals surface area (Å²) in [5.74, 6) is -4.83. The molecule has 2 aliphatic heterocycles. The van der Waals surface area contributed by atoms with Crippen LogP contribution in [0.2, 0.25) is 0 Å². The van der Waals surface area contributed by atoms with E-state index in [0.29, 0.717) is 26.7 Å². The molecule has 2 aliphatic rings. The molecule has 0 aliphatic carbocycles. The number of urea groups is 1. The molecule has 1 saturated heterocycles. The van der Waals surface area contributed by atoms with E-state index in [-0.39, 0.29) is 22.2 Å². The third-order valence-corrected chi connectivity index (χ3v) is 9.21. The smallest absolute Gasteiger partial charge is 0.416 e. The maximum absolute atomic E-state index is 13.3. The molecule has 0 radical (unpaired) electrons. The van der Waals surface area contributed by atoms with E-state index in [9.17, 15) is 42.3 Å². The quantitative estimate of drug-likeness (QED) is 0.373. The van der Waals surface area contributed by atoms with Gasteiger partial charge in [-0.15, -0.1) is 0 Å². The van der Waals surface area contributed by atoms with E-state index in [2.05, 4.69) is 5.32 Å². The van der Waals surface area contributed by atoms with Gasteiger partial charge < -0.3 is 20.9 Å². The van der Waals surface area contributed by atoms with Gasteiger partial charge in [-0.2, -0.15) is 18.1 Å². The molecule has 16 heteroatoms. The van der Waals surface area contributed by atoms with E-state index >= 15 is 0 Å². The maximum Gasteiger partial charge on any atom is 0.416 e. The van der Waals surface area contributed by atoms with E-state index in [0.717, 1.165) is 34.5 Å². The number of thioether (sulfide) groups is 1. The molecule has 3 heterocycles. The topological polar surface area (TPSA) is 161 Å². The summed E-state index contributed by atoms with van der Waals surface area (Å²) in [5, 5.41) is 11.4. The number of fused-ring (bicyclic) bond motifs is 2. The molecule has 41 heavy (non-hydrogen) atoms. The number of carbonyl (C=O) groups is 4. The standard InChI is InChI=1S/C25H19F3N4O7S2/c1-39-14-7-10(5-6-13(14)33)16-17-18(21(36)32(20(17)35)23(29)37)40-22-19(16)41-24(38)31(22)9-15(34)30-12-4-2-3-11(8-12)25(26,27)28/h2-8,16-18,33H,9H2,1H3,(H2,29,37)(H,30,34). The number of anilines is 1. The predicted molar refractivity (Wildman–Crippen MR) is 140 cm³/mol. The van der Waals surface area contributed by atoms with Crippen LogP contribution in [-0.2, 0) is 27.1 Å². The minimum Gasteiger partial charge on any atom is -0.504 e. The minimum atomic E-state index is -4.63. The Bertz CT molecular complexity index is 1670. The molecule has 1 aromatic heterocycles. The number of phenols is 1. The van der Waals surface area contributed by atoms with Gasteiger partial charge in [-0.05, 0) is 35.9 Å². The third-order valence-electron chi connectivity index (χ3n) is 6.61. The van der Waals surface area contributed by atoms with Gasteiger partial charge in [0, 0.05) is 16.5 Å². The van der Waals surface area contributed by atoms with Crippen LogP contribution in [0.3, 0.4) is 0 Å². The van der Waals surface area contributed by atoms with Crippen LogP contribution in [0.5, 0.6) is 11.5 Å². The third kappa shape index (κ3) is 4.93. The maximum atomic E-state index is 13.3. The van der Waals surface area contributed by atoms with Crippen LogP contribution in [-0.4, -0.2) is 50.7 Å². The van der Waals surface area contributed by atoms with Crippen LogP contribution in [0.25, 0.3) is 0 Å². The second-order valence-corrected chi connectivity index (χ2v) is 11.2. The highest BCUT2D eigenvalue weighted by molar-refractivity contribution is 8.00. The Balaban J connectivity index is 1.55. The highest BCUT2D eigenvalue weighted by Crippen LogP contribution is 2.54. The van der Waals surface area contributed by atoms with Gasteiger partial charge in [0.05, 0.1) is 23.6 Å². The van der Waals surface area contributed by atoms with E-state index < -0.39 is 64.0 Å². The molecule has 0 saturated carbocycles. The number of nitrogens with one attached hydrogen (secondary N) is 1. The number of primary amides is 1. The van der Waals surface area contributed by atoms with E-state index in [4.69, 9.17) is 10.5 Å². The first kappa shape index (κ1) is 28.2. The van der Waals surface area contributed by atoms with Crippen LogP contribution in [0.15, 0.2) is 52.3 Å². The molecule has 3 aromatic rings. The molecule has 5 amide bonds. The molecule has 0 spiro atoms. The number of thiazole rings is 1. The van der Waals surface area contributed by atoms with Crippen LogP contribution < -0.4 is 20.7 Å². The lowest BCUT2D eigenvalue weighted by atomic mass is 9.83. The first-order valence-electron chi connectivity index (χ1n) is 11.7. The van der Waals surface area contributed by atoms with E-state index in [1.54, 1.807) is 0 Å². The fourth-order valence-electron chi connectivity index (χ4n) is 4.84. The van der Waals surface area contributed by atoms with Crippen molar-refractivity contribution in [2.24, 2.45) is 11.7 Å². The van der Waals surface area contributed by atoms with Crippen molar-refractivity contribution < 1.29 is 42.2 Å². The molecule has 5 rings (SSSR count). The summed E-state index contributed by atoms with van der Waals surface area (Å²) in [6.45, 7) is -0.613. The second kappa shape index (κ2) is 10.3. The number of amides is 5. The Labute approximate surface area is 236 Å². The summed E-state index contributed by atoms with van der Waals surface area (Å²) in [5.41, 5.74) is 4.56. The zero-order chi connectivity index (χ0) is 29.8. The Kier molecular flexibility index (Phi) is 7.07. The number of alkyl halides is 3. The van der Waals surface area contributed by atoms with Gasteiger partial charge in [-0.25, -0.2) is 4.79 Å². The fraction of sp³-hybridized carbons (Fsp3) is 0.240. The van der Waals surface area contributed by atoms with Gasteiger partial charge in [-0.3, -0.25) is 23.7 Å². The van der Waals surface area contributed by atoms with Crippen molar-refractivity contribution in [3.05, 3.63) is 68.1 Å². The molecule has 0 bridgehead atoms. The first-order chi connectivity index (χ1) is 19.3. The summed E-state index contributed by atoms with van der Waals surface area (Å²) in [6, 6.07) is 6.91. The number of aromatic hydroxyl groups is 1. The number of nitrogens with two attached hydrogens (primary N) is 1. The van der Waals surface area contributed by atoms with Gasteiger partial charge >= 0.3 is 17.1 Å². The van der Waals surface area contributed by atoms with Gasteiger partial charge in [-0.1, -0.05) is 35.2 Å². The molecule has 3 unspecified atom stereocenters. The average Bonchev–Trinajstić information content (AvgIpc) is 3.34. The lowest BCUT2D eigenvalue weighted by Crippen LogP contribution is -2.41. The Morgan fingerprint density at radius 1 is 1.12 bits per heavy atom. The van der Waals surface area contributed by atoms with Crippen molar-refractivity contribution in [1.82, 2.24) is 9.47 Å². The molecule has 3 atom stereocenters. The number of aromatic nitrogens is 1. The largest absolute Gasteiger partial charge is 0.504 e. The zero-order valence-electron chi connectivity index (χ0n) is 20.8. The number of carbonyl (C=O) groups excluding carboxylic acids is 4. The van der Waals surface area contributed by atoms with Crippen molar-refractivity contribution in [3.8, 4) is 11.5 Å². The molecule has 4 N–H and O–H groups in total. The number of hydrogen-bond donors (Lipinski definition) is 3. The van der Waals surface area contributed by atoms with Crippen LogP contribution in [0.4, 0.5) is 23.7 Å². The highest BCUT2D eigenvalue weighted by Gasteiger charge is 2.58. The van der Waals surface area contributed by atoms with Crippen LogP contribution >= 0.6 is 23.1 Å². The summed E-state index contributed by atoms with van der Waals surface area (Å²) < 4.78 is 45.5. The van der Waals surface area contributed by atoms with Crippen LogP contribution in [0, 0.1) is 5.92 Å². The minimum absolute atomic E-state index is 0.0506. The molecule has 2 aromatic carbocycles. The average molecular weight is 609 g/mol. The lowest BCUT2D eigenvalue weighted by Gasteiger charge is -2.30. The zero-order valence-corrected chi connectivity index (χ0v) is 22.4. The predicted octanol–water partition coefficient (Wildman–Crippen LogP) is 2.95. The second-order valence-electron chi connectivity index (χ2n) is 9.07. The van der Waals surface area contributed by atoms with Gasteiger partial charge in [0.15, 0.2) is 11.5 Å². The first-order valence-corrected chi connectivity index (χ1v) is 13.4. The number of imide groups is 3. The monoisotopic (exact) mass is 608 g/mol. The fourth-order valence-corrected chi connectivity index (χ4v) is 7.61. The van der Waals surface area contributed by atoms with Crippen molar-refractivity contribution in [1.29, 1.82) is 0 Å². The Morgan fingerprint density at radius 3 is 2.51 bits per heavy atom. The number of phenolic OH excluding ortho intramolecular Hbond substituents is 1. The van der Waals surface area contributed by atoms with E-state index in [1.807, 2.05) is 0 Å². The number of hydrogen-bond acceptors (Lipinski definition) is 9. The summed E-state index contributed by atoms with van der Waals surface area (Å²) in [7, 11) is 1.31. The van der Waals surface area contributed by atoms with Gasteiger partial charge in [0.1, 0.15) is 11.8 Å². The lowest BCUT2D eigenvalue weighted by molar-refractivity contribution is -0.138. The van der Waals surface area contributed by atoms with E-state index in [1.165, 1.54) is 31.4 Å². The molecule has 1 fully saturated rings. The number of halogens is 3. The SMILES string of the molecule is COc1cc(C2c3sc(=O)n(CC(=O)Nc4cccc(C(F)(F)F)c4)c3SC3C(=O)N(C(N)=O)C(=O)C32)ccc1O. The number of rotatable bonds is 5. The number of nitrogens with zero attached hydrogens (tertiary/aromatic N) is 2. The van der Waals surface area contributed by atoms with Gasteiger partial charge in [0.2, 0.25) is 11.8 Å². The Morgan fingerprint density at radius 2 is 1.85 bits per heavy atom. The molecule has 214 valence electrons. The van der Waals surface area contributed by atoms with Crippen molar-refractivity contribution in [2.75, 3.05) is 12.4 Å². The van der Waals surface area contributed by atoms with Crippen molar-refractivity contribution in [3.63, 3.8) is 0 Å².